The second-order valence-corrected chi connectivity index (χ2v) is 5.65. The molecule has 0 aliphatic carbocycles. The maximum Gasteiger partial charge on any atom is 0.240 e. The van der Waals surface area contributed by atoms with Gasteiger partial charge in [-0.25, -0.2) is 13.6 Å². The van der Waals surface area contributed by atoms with E-state index in [-0.39, 0.29) is 10.6 Å². The van der Waals surface area contributed by atoms with Gasteiger partial charge in [-0.3, -0.25) is 0 Å². The van der Waals surface area contributed by atoms with E-state index in [0.29, 0.717) is 0 Å². The molecule has 0 aliphatic rings. The van der Waals surface area contributed by atoms with E-state index in [0.717, 1.165) is 25.3 Å². The summed E-state index contributed by atoms with van der Waals surface area (Å²) in [5, 5.41) is 8.20. The Labute approximate surface area is 108 Å². The van der Waals surface area contributed by atoms with Crippen molar-refractivity contribution in [3.05, 3.63) is 18.2 Å². The molecule has 0 unspecified atom stereocenters. The molecule has 0 saturated heterocycles. The fraction of sp³-hybridized carbons (Fsp3) is 0.455. The molecule has 0 fully saturated rings. The van der Waals surface area contributed by atoms with Gasteiger partial charge in [-0.05, 0) is 31.8 Å². The van der Waals surface area contributed by atoms with E-state index in [2.05, 4.69) is 17.1 Å². The summed E-state index contributed by atoms with van der Waals surface area (Å²) in [7, 11) is -1.72. The third kappa shape index (κ3) is 4.17. The third-order valence-corrected chi connectivity index (χ3v) is 3.66. The molecule has 0 spiro atoms. The first-order chi connectivity index (χ1) is 8.34. The van der Waals surface area contributed by atoms with Crippen LogP contribution in [0.25, 0.3) is 0 Å². The van der Waals surface area contributed by atoms with E-state index >= 15 is 0 Å². The summed E-state index contributed by atoms with van der Waals surface area (Å²) in [5.41, 5.74) is 6.60. The number of likely N-dealkylation sites (N-methyl/N-ethyl adjacent to an activating group) is 1. The van der Waals surface area contributed by atoms with Crippen LogP contribution in [0.15, 0.2) is 23.1 Å². The first kappa shape index (κ1) is 14.7. The Hall–Kier alpha value is -1.31. The van der Waals surface area contributed by atoms with Crippen molar-refractivity contribution >= 4 is 21.4 Å². The summed E-state index contributed by atoms with van der Waals surface area (Å²) in [5.74, 6) is 0. The van der Waals surface area contributed by atoms with Crippen LogP contribution in [0.3, 0.4) is 0 Å². The molecule has 0 saturated carbocycles. The Balaban J connectivity index is 2.68. The molecule has 0 atom stereocenters. The highest BCUT2D eigenvalue weighted by atomic mass is 32.2. The van der Waals surface area contributed by atoms with E-state index in [1.807, 2.05) is 7.05 Å². The van der Waals surface area contributed by atoms with Crippen molar-refractivity contribution in [1.29, 1.82) is 0 Å². The number of benzene rings is 1. The van der Waals surface area contributed by atoms with Gasteiger partial charge in [0.05, 0.1) is 5.69 Å². The van der Waals surface area contributed by atoms with Gasteiger partial charge in [0, 0.05) is 18.8 Å². The van der Waals surface area contributed by atoms with Crippen LogP contribution < -0.4 is 16.2 Å². The maximum atomic E-state index is 11.2. The zero-order valence-electron chi connectivity index (χ0n) is 10.7. The number of nitrogens with one attached hydrogen (secondary N) is 1. The number of nitrogens with two attached hydrogens (primary N) is 2. The number of rotatable bonds is 6. The van der Waals surface area contributed by atoms with Crippen LogP contribution in [0, 0.1) is 0 Å². The molecular formula is C11H20N4O2S. The third-order valence-electron chi connectivity index (χ3n) is 2.68. The van der Waals surface area contributed by atoms with Gasteiger partial charge in [-0.2, -0.15) is 0 Å². The van der Waals surface area contributed by atoms with Crippen molar-refractivity contribution in [1.82, 2.24) is 4.90 Å². The number of hydrogen-bond acceptors (Lipinski definition) is 5. The average Bonchev–Trinajstić information content (AvgIpc) is 2.27. The van der Waals surface area contributed by atoms with Crippen molar-refractivity contribution < 1.29 is 8.42 Å². The number of nitrogen functional groups attached to an aromatic ring is 1. The van der Waals surface area contributed by atoms with Crippen molar-refractivity contribution in [2.24, 2.45) is 5.14 Å². The van der Waals surface area contributed by atoms with Crippen LogP contribution >= 0.6 is 0 Å². The molecule has 7 heteroatoms. The smallest absolute Gasteiger partial charge is 0.240 e. The highest BCUT2D eigenvalue weighted by Crippen LogP contribution is 2.21. The van der Waals surface area contributed by atoms with E-state index in [4.69, 9.17) is 10.9 Å². The van der Waals surface area contributed by atoms with Crippen LogP contribution in [0.5, 0.6) is 0 Å². The molecule has 0 radical (unpaired) electrons. The van der Waals surface area contributed by atoms with Gasteiger partial charge in [0.15, 0.2) is 0 Å². The molecule has 18 heavy (non-hydrogen) atoms. The topological polar surface area (TPSA) is 101 Å². The molecule has 0 aliphatic heterocycles. The number of anilines is 2. The lowest BCUT2D eigenvalue weighted by molar-refractivity contribution is 0.367. The minimum Gasteiger partial charge on any atom is -0.398 e. The minimum absolute atomic E-state index is 0.0428. The Morgan fingerprint density at radius 1 is 1.39 bits per heavy atom. The van der Waals surface area contributed by atoms with Crippen LogP contribution in [0.1, 0.15) is 6.92 Å². The quantitative estimate of drug-likeness (QED) is 0.646. The molecule has 5 N–H and O–H groups in total. The molecular weight excluding hydrogens is 252 g/mol. The lowest BCUT2D eigenvalue weighted by Gasteiger charge is -2.15. The molecule has 1 aromatic rings. The number of hydrogen-bond donors (Lipinski definition) is 3. The van der Waals surface area contributed by atoms with Gasteiger partial charge in [-0.15, -0.1) is 0 Å². The second kappa shape index (κ2) is 6.03. The SMILES string of the molecule is CCN(C)CCNc1ccc(S(N)(=O)=O)c(N)c1. The molecule has 6 nitrogen and oxygen atoms in total. The Morgan fingerprint density at radius 3 is 2.56 bits per heavy atom. The molecule has 0 bridgehead atoms. The van der Waals surface area contributed by atoms with Gasteiger partial charge in [0.25, 0.3) is 0 Å². The van der Waals surface area contributed by atoms with E-state index in [1.165, 1.54) is 6.07 Å². The van der Waals surface area contributed by atoms with Crippen molar-refractivity contribution in [3.8, 4) is 0 Å². The zero-order valence-corrected chi connectivity index (χ0v) is 11.5. The standard InChI is InChI=1S/C11H20N4O2S/c1-3-15(2)7-6-14-9-4-5-11(10(12)8-9)18(13,16)17/h4-5,8,14H,3,6-7,12H2,1-2H3,(H2,13,16,17). The molecule has 0 aromatic heterocycles. The summed E-state index contributed by atoms with van der Waals surface area (Å²) in [6.07, 6.45) is 0. The monoisotopic (exact) mass is 272 g/mol. The summed E-state index contributed by atoms with van der Waals surface area (Å²) in [6, 6.07) is 4.64. The van der Waals surface area contributed by atoms with Crippen LogP contribution in [-0.2, 0) is 10.0 Å². The summed E-state index contributed by atoms with van der Waals surface area (Å²) in [6.45, 7) is 4.72. The van der Waals surface area contributed by atoms with E-state index in [9.17, 15) is 8.42 Å². The number of primary sulfonamides is 1. The number of nitrogens with zero attached hydrogens (tertiary/aromatic N) is 1. The molecule has 102 valence electrons. The minimum atomic E-state index is -3.75. The zero-order chi connectivity index (χ0) is 13.8. The lowest BCUT2D eigenvalue weighted by Crippen LogP contribution is -2.24. The van der Waals surface area contributed by atoms with Crippen molar-refractivity contribution in [2.45, 2.75) is 11.8 Å². The van der Waals surface area contributed by atoms with Crippen LogP contribution in [0.4, 0.5) is 11.4 Å². The molecule has 1 aromatic carbocycles. The van der Waals surface area contributed by atoms with Crippen molar-refractivity contribution in [2.75, 3.05) is 37.7 Å². The van der Waals surface area contributed by atoms with E-state index in [1.54, 1.807) is 12.1 Å². The number of sulfonamides is 1. The highest BCUT2D eigenvalue weighted by molar-refractivity contribution is 7.89. The molecule has 0 heterocycles. The van der Waals surface area contributed by atoms with Crippen LogP contribution in [0.2, 0.25) is 0 Å². The van der Waals surface area contributed by atoms with Gasteiger partial charge >= 0.3 is 0 Å². The Morgan fingerprint density at radius 2 is 2.06 bits per heavy atom. The Bertz CT molecular complexity index is 502. The predicted molar refractivity (Wildman–Crippen MR) is 73.9 cm³/mol. The Kier molecular flexibility index (Phi) is 4.94. The lowest BCUT2D eigenvalue weighted by atomic mass is 10.3. The molecule has 0 amide bonds. The fourth-order valence-electron chi connectivity index (χ4n) is 1.47. The maximum absolute atomic E-state index is 11.2. The predicted octanol–water partition coefficient (Wildman–Crippen LogP) is 0.280. The van der Waals surface area contributed by atoms with E-state index < -0.39 is 10.0 Å². The normalized spacial score (nSPS) is 11.8. The van der Waals surface area contributed by atoms with Crippen LogP contribution in [-0.4, -0.2) is 40.0 Å². The van der Waals surface area contributed by atoms with Gasteiger partial charge < -0.3 is 16.0 Å². The second-order valence-electron chi connectivity index (χ2n) is 4.12. The first-order valence-electron chi connectivity index (χ1n) is 5.69. The molecule has 1 rings (SSSR count). The summed E-state index contributed by atoms with van der Waals surface area (Å²) < 4.78 is 22.4. The fourth-order valence-corrected chi connectivity index (χ4v) is 2.11. The average molecular weight is 272 g/mol. The highest BCUT2D eigenvalue weighted by Gasteiger charge is 2.11. The van der Waals surface area contributed by atoms with Crippen molar-refractivity contribution in [3.63, 3.8) is 0 Å². The largest absolute Gasteiger partial charge is 0.398 e. The van der Waals surface area contributed by atoms with Gasteiger partial charge in [0.1, 0.15) is 4.90 Å². The van der Waals surface area contributed by atoms with Gasteiger partial charge in [0.2, 0.25) is 10.0 Å². The summed E-state index contributed by atoms with van der Waals surface area (Å²) in [4.78, 5) is 2.12. The first-order valence-corrected chi connectivity index (χ1v) is 7.24. The summed E-state index contributed by atoms with van der Waals surface area (Å²) >= 11 is 0. The van der Waals surface area contributed by atoms with Gasteiger partial charge in [-0.1, -0.05) is 6.92 Å².